The summed E-state index contributed by atoms with van der Waals surface area (Å²) in [6.45, 7) is 0.539. The molecule has 0 unspecified atom stereocenters. The van der Waals surface area contributed by atoms with E-state index in [1.165, 1.54) is 0 Å². The van der Waals surface area contributed by atoms with Crippen molar-refractivity contribution in [3.05, 3.63) is 71.8 Å². The minimum absolute atomic E-state index is 0.00887. The summed E-state index contributed by atoms with van der Waals surface area (Å²) in [5.41, 5.74) is 6.65. The highest BCUT2D eigenvalue weighted by molar-refractivity contribution is 5.90. The van der Waals surface area contributed by atoms with Crippen LogP contribution in [0.2, 0.25) is 0 Å². The van der Waals surface area contributed by atoms with Crippen LogP contribution in [-0.4, -0.2) is 35.7 Å². The third kappa shape index (κ3) is 5.19. The molecule has 0 aromatic heterocycles. The fourth-order valence-electron chi connectivity index (χ4n) is 3.41. The van der Waals surface area contributed by atoms with Crippen molar-refractivity contribution in [2.75, 3.05) is 13.1 Å². The molecule has 1 heterocycles. The minimum atomic E-state index is -0.539. The van der Waals surface area contributed by atoms with Crippen LogP contribution < -0.4 is 10.9 Å². The summed E-state index contributed by atoms with van der Waals surface area (Å²) in [7, 11) is 0. The van der Waals surface area contributed by atoms with Gasteiger partial charge in [0.15, 0.2) is 0 Å². The third-order valence-corrected chi connectivity index (χ3v) is 4.86. The normalized spacial score (nSPS) is 14.5. The lowest BCUT2D eigenvalue weighted by atomic mass is 9.91. The van der Waals surface area contributed by atoms with E-state index in [1.807, 2.05) is 60.7 Å². The first kappa shape index (κ1) is 19.6. The summed E-state index contributed by atoms with van der Waals surface area (Å²) >= 11 is 0. The SMILES string of the molecule is O=C(CN1CCCCCC1=O)NNC(=O)C(c1ccccc1)c1ccccc1. The molecule has 2 N–H and O–H groups in total. The largest absolute Gasteiger partial charge is 0.333 e. The van der Waals surface area contributed by atoms with E-state index in [2.05, 4.69) is 10.9 Å². The first-order chi connectivity index (χ1) is 13.6. The number of nitrogens with one attached hydrogen (secondary N) is 2. The van der Waals surface area contributed by atoms with Gasteiger partial charge >= 0.3 is 0 Å². The Kier molecular flexibility index (Phi) is 6.78. The molecule has 0 aliphatic carbocycles. The van der Waals surface area contributed by atoms with Crippen molar-refractivity contribution in [2.45, 2.75) is 31.6 Å². The van der Waals surface area contributed by atoms with Gasteiger partial charge in [-0.3, -0.25) is 25.2 Å². The number of nitrogens with zero attached hydrogens (tertiary/aromatic N) is 1. The molecule has 6 heteroatoms. The van der Waals surface area contributed by atoms with E-state index in [4.69, 9.17) is 0 Å². The fraction of sp³-hybridized carbons (Fsp3) is 0.318. The number of hydrogen-bond acceptors (Lipinski definition) is 3. The number of benzene rings is 2. The molecule has 6 nitrogen and oxygen atoms in total. The quantitative estimate of drug-likeness (QED) is 0.783. The van der Waals surface area contributed by atoms with Crippen molar-refractivity contribution in [1.82, 2.24) is 15.8 Å². The molecule has 0 spiro atoms. The minimum Gasteiger partial charge on any atom is -0.333 e. The van der Waals surface area contributed by atoms with E-state index in [-0.39, 0.29) is 18.4 Å². The molecule has 0 bridgehead atoms. The summed E-state index contributed by atoms with van der Waals surface area (Å²) in [5.74, 6) is -1.27. The van der Waals surface area contributed by atoms with Crippen LogP contribution in [0.5, 0.6) is 0 Å². The molecule has 3 rings (SSSR count). The Morgan fingerprint density at radius 1 is 0.857 bits per heavy atom. The molecule has 3 amide bonds. The number of likely N-dealkylation sites (tertiary alicyclic amines) is 1. The predicted octanol–water partition coefficient (Wildman–Crippen LogP) is 2.37. The Morgan fingerprint density at radius 2 is 1.46 bits per heavy atom. The summed E-state index contributed by atoms with van der Waals surface area (Å²) in [6.07, 6.45) is 3.24. The van der Waals surface area contributed by atoms with Gasteiger partial charge in [-0.05, 0) is 24.0 Å². The van der Waals surface area contributed by atoms with Crippen LogP contribution in [-0.2, 0) is 14.4 Å². The molecule has 0 atom stereocenters. The average Bonchev–Trinajstić information content (AvgIpc) is 2.92. The maximum absolute atomic E-state index is 12.9. The van der Waals surface area contributed by atoms with Crippen LogP contribution in [0.1, 0.15) is 42.7 Å². The van der Waals surface area contributed by atoms with Crippen LogP contribution in [0.3, 0.4) is 0 Å². The van der Waals surface area contributed by atoms with Gasteiger partial charge in [-0.1, -0.05) is 67.1 Å². The lowest BCUT2D eigenvalue weighted by molar-refractivity contribution is -0.136. The Balaban J connectivity index is 1.64. The first-order valence-corrected chi connectivity index (χ1v) is 9.61. The summed E-state index contributed by atoms with van der Waals surface area (Å²) in [5, 5.41) is 0. The van der Waals surface area contributed by atoms with E-state index in [0.717, 1.165) is 30.4 Å². The zero-order valence-corrected chi connectivity index (χ0v) is 15.8. The number of carbonyl (C=O) groups is 3. The maximum Gasteiger partial charge on any atom is 0.257 e. The highest BCUT2D eigenvalue weighted by atomic mass is 16.2. The summed E-state index contributed by atoms with van der Waals surface area (Å²) in [6, 6.07) is 18.8. The van der Waals surface area contributed by atoms with Crippen molar-refractivity contribution in [1.29, 1.82) is 0 Å². The van der Waals surface area contributed by atoms with Crippen molar-refractivity contribution >= 4 is 17.7 Å². The van der Waals surface area contributed by atoms with Crippen LogP contribution in [0.25, 0.3) is 0 Å². The highest BCUT2D eigenvalue weighted by Crippen LogP contribution is 2.24. The van der Waals surface area contributed by atoms with Gasteiger partial charge in [0.25, 0.3) is 5.91 Å². The van der Waals surface area contributed by atoms with E-state index >= 15 is 0 Å². The van der Waals surface area contributed by atoms with E-state index < -0.39 is 11.8 Å². The van der Waals surface area contributed by atoms with Gasteiger partial charge in [0.05, 0.1) is 5.92 Å². The van der Waals surface area contributed by atoms with E-state index in [1.54, 1.807) is 4.90 Å². The molecule has 1 saturated heterocycles. The average molecular weight is 379 g/mol. The molecular weight excluding hydrogens is 354 g/mol. The third-order valence-electron chi connectivity index (χ3n) is 4.86. The van der Waals surface area contributed by atoms with Crippen molar-refractivity contribution < 1.29 is 14.4 Å². The highest BCUT2D eigenvalue weighted by Gasteiger charge is 2.24. The van der Waals surface area contributed by atoms with E-state index in [9.17, 15) is 14.4 Å². The Hall–Kier alpha value is -3.15. The van der Waals surface area contributed by atoms with Gasteiger partial charge in [-0.25, -0.2) is 0 Å². The second kappa shape index (κ2) is 9.69. The topological polar surface area (TPSA) is 78.5 Å². The smallest absolute Gasteiger partial charge is 0.257 e. The van der Waals surface area contributed by atoms with Gasteiger partial charge in [0.2, 0.25) is 11.8 Å². The molecule has 0 radical (unpaired) electrons. The monoisotopic (exact) mass is 379 g/mol. The number of amides is 3. The van der Waals surface area contributed by atoms with Crippen LogP contribution in [0.15, 0.2) is 60.7 Å². The first-order valence-electron chi connectivity index (χ1n) is 9.61. The van der Waals surface area contributed by atoms with Gasteiger partial charge in [-0.2, -0.15) is 0 Å². The van der Waals surface area contributed by atoms with Gasteiger partial charge < -0.3 is 4.90 Å². The molecule has 2 aromatic rings. The molecule has 28 heavy (non-hydrogen) atoms. The molecular formula is C22H25N3O3. The number of carbonyl (C=O) groups excluding carboxylic acids is 3. The van der Waals surface area contributed by atoms with Crippen LogP contribution in [0, 0.1) is 0 Å². The summed E-state index contributed by atoms with van der Waals surface area (Å²) < 4.78 is 0. The van der Waals surface area contributed by atoms with Crippen molar-refractivity contribution in [3.63, 3.8) is 0 Å². The number of hydrazine groups is 1. The lowest BCUT2D eigenvalue weighted by Crippen LogP contribution is -2.49. The number of rotatable bonds is 5. The predicted molar refractivity (Wildman–Crippen MR) is 106 cm³/mol. The van der Waals surface area contributed by atoms with Gasteiger partial charge in [-0.15, -0.1) is 0 Å². The standard InChI is InChI=1S/C22H25N3O3/c26-19(16-25-15-9-3-8-14-20(25)27)23-24-22(28)21(17-10-4-1-5-11-17)18-12-6-2-7-13-18/h1-2,4-7,10-13,21H,3,8-9,14-16H2,(H,23,26)(H,24,28). The van der Waals surface area contributed by atoms with E-state index in [0.29, 0.717) is 13.0 Å². The second-order valence-electron chi connectivity index (χ2n) is 6.92. The van der Waals surface area contributed by atoms with Gasteiger partial charge in [0, 0.05) is 13.0 Å². The molecule has 1 aliphatic rings. The second-order valence-corrected chi connectivity index (χ2v) is 6.92. The lowest BCUT2D eigenvalue weighted by Gasteiger charge is -2.21. The Morgan fingerprint density at radius 3 is 2.07 bits per heavy atom. The number of hydrogen-bond donors (Lipinski definition) is 2. The Labute approximate surface area is 164 Å². The maximum atomic E-state index is 12.9. The summed E-state index contributed by atoms with van der Waals surface area (Å²) in [4.78, 5) is 38.7. The fourth-order valence-corrected chi connectivity index (χ4v) is 3.41. The zero-order chi connectivity index (χ0) is 19.8. The zero-order valence-electron chi connectivity index (χ0n) is 15.8. The molecule has 146 valence electrons. The molecule has 1 fully saturated rings. The van der Waals surface area contributed by atoms with Crippen molar-refractivity contribution in [2.24, 2.45) is 0 Å². The molecule has 0 saturated carbocycles. The van der Waals surface area contributed by atoms with Gasteiger partial charge in [0.1, 0.15) is 6.54 Å². The van der Waals surface area contributed by atoms with Crippen molar-refractivity contribution in [3.8, 4) is 0 Å². The Bertz CT molecular complexity index is 769. The van der Waals surface area contributed by atoms with Crippen LogP contribution in [0.4, 0.5) is 0 Å². The molecule has 1 aliphatic heterocycles. The van der Waals surface area contributed by atoms with Crippen LogP contribution >= 0.6 is 0 Å². The molecule has 2 aromatic carbocycles.